The molecule has 23 heavy (non-hydrogen) atoms. The van der Waals surface area contributed by atoms with Gasteiger partial charge in [0.15, 0.2) is 0 Å². The number of hydrogen-bond donors (Lipinski definition) is 2. The van der Waals surface area contributed by atoms with Crippen molar-refractivity contribution in [1.82, 2.24) is 15.2 Å². The Kier molecular flexibility index (Phi) is 5.54. The van der Waals surface area contributed by atoms with Crippen LogP contribution in [0.15, 0.2) is 0 Å². The number of aromatic nitrogens is 1. The van der Waals surface area contributed by atoms with Crippen LogP contribution in [0, 0.1) is 5.92 Å². The lowest BCUT2D eigenvalue weighted by Crippen LogP contribution is -2.47. The highest BCUT2D eigenvalue weighted by atomic mass is 32.1. The van der Waals surface area contributed by atoms with Gasteiger partial charge in [-0.25, -0.2) is 9.78 Å². The van der Waals surface area contributed by atoms with Gasteiger partial charge in [-0.1, -0.05) is 0 Å². The van der Waals surface area contributed by atoms with Crippen LogP contribution in [-0.4, -0.2) is 46.8 Å². The maximum Gasteiger partial charge on any atom is 0.317 e. The zero-order valence-corrected chi connectivity index (χ0v) is 14.7. The molecule has 1 fully saturated rings. The van der Waals surface area contributed by atoms with Crippen LogP contribution in [0.4, 0.5) is 4.79 Å². The normalized spacial score (nSPS) is 22.5. The van der Waals surface area contributed by atoms with Crippen LogP contribution < -0.4 is 5.32 Å². The number of rotatable bonds is 4. The van der Waals surface area contributed by atoms with E-state index in [2.05, 4.69) is 5.32 Å². The van der Waals surface area contributed by atoms with Crippen molar-refractivity contribution in [1.29, 1.82) is 0 Å². The minimum absolute atomic E-state index is 0.00308. The smallest absolute Gasteiger partial charge is 0.317 e. The number of nitrogens with zero attached hydrogens (tertiary/aromatic N) is 2. The number of carbonyl (C=O) groups is 1. The van der Waals surface area contributed by atoms with Gasteiger partial charge in [-0.3, -0.25) is 0 Å². The number of urea groups is 1. The van der Waals surface area contributed by atoms with Crippen molar-refractivity contribution >= 4 is 17.4 Å². The number of thiazole rings is 1. The molecule has 6 heteroatoms. The van der Waals surface area contributed by atoms with E-state index in [0.717, 1.165) is 37.2 Å². The summed E-state index contributed by atoms with van der Waals surface area (Å²) in [5.41, 5.74) is 1.29. The van der Waals surface area contributed by atoms with E-state index in [1.54, 1.807) is 0 Å². The molecule has 2 unspecified atom stereocenters. The van der Waals surface area contributed by atoms with Gasteiger partial charge in [0.25, 0.3) is 0 Å². The molecule has 2 atom stereocenters. The first-order chi connectivity index (χ1) is 11.1. The number of aryl methyl sites for hydroxylation is 2. The summed E-state index contributed by atoms with van der Waals surface area (Å²) in [7, 11) is 0. The summed E-state index contributed by atoms with van der Waals surface area (Å²) in [6.45, 7) is 3.91. The quantitative estimate of drug-likeness (QED) is 0.886. The van der Waals surface area contributed by atoms with Crippen molar-refractivity contribution in [2.75, 3.05) is 19.6 Å². The first kappa shape index (κ1) is 16.7. The molecule has 0 spiro atoms. The van der Waals surface area contributed by atoms with E-state index >= 15 is 0 Å². The second kappa shape index (κ2) is 7.62. The Labute approximate surface area is 142 Å². The summed E-state index contributed by atoms with van der Waals surface area (Å²) in [4.78, 5) is 20.3. The third-order valence-electron chi connectivity index (χ3n) is 4.93. The number of carbonyl (C=O) groups excluding carboxylic acids is 1. The summed E-state index contributed by atoms with van der Waals surface area (Å²) in [6, 6.07) is -0.00308. The summed E-state index contributed by atoms with van der Waals surface area (Å²) in [5, 5.41) is 13.9. The number of fused-ring (bicyclic) bond motifs is 1. The Hall–Kier alpha value is -1.14. The minimum atomic E-state index is -0.341. The number of aliphatic hydroxyl groups is 1. The molecule has 128 valence electrons. The Morgan fingerprint density at radius 1 is 1.43 bits per heavy atom. The average Bonchev–Trinajstić information content (AvgIpc) is 2.97. The van der Waals surface area contributed by atoms with Crippen molar-refractivity contribution in [3.8, 4) is 0 Å². The van der Waals surface area contributed by atoms with Crippen molar-refractivity contribution in [3.05, 3.63) is 15.6 Å². The van der Waals surface area contributed by atoms with E-state index < -0.39 is 0 Å². The van der Waals surface area contributed by atoms with Crippen LogP contribution in [0.1, 0.15) is 48.2 Å². The monoisotopic (exact) mass is 337 g/mol. The Bertz CT molecular complexity index is 520. The van der Waals surface area contributed by atoms with Crippen molar-refractivity contribution in [3.63, 3.8) is 0 Å². The molecule has 1 aliphatic heterocycles. The van der Waals surface area contributed by atoms with E-state index in [4.69, 9.17) is 4.98 Å². The lowest BCUT2D eigenvalue weighted by atomic mass is 9.94. The van der Waals surface area contributed by atoms with Crippen LogP contribution in [0.25, 0.3) is 0 Å². The SMILES string of the molecule is CC(O)C1CCCN(C(=O)NCCc2nc3c(s2)CCCC3)C1. The number of amides is 2. The highest BCUT2D eigenvalue weighted by Crippen LogP contribution is 2.26. The average molecular weight is 337 g/mol. The van der Waals surface area contributed by atoms with Crippen LogP contribution in [0.2, 0.25) is 0 Å². The Morgan fingerprint density at radius 3 is 3.04 bits per heavy atom. The summed E-state index contributed by atoms with van der Waals surface area (Å²) in [5.74, 6) is 0.209. The predicted molar refractivity (Wildman–Crippen MR) is 91.8 cm³/mol. The first-order valence-corrected chi connectivity index (χ1v) is 9.63. The molecule has 0 radical (unpaired) electrons. The number of piperidine rings is 1. The van der Waals surface area contributed by atoms with Gasteiger partial charge in [0.1, 0.15) is 0 Å². The van der Waals surface area contributed by atoms with E-state index in [9.17, 15) is 9.90 Å². The van der Waals surface area contributed by atoms with Gasteiger partial charge in [0.05, 0.1) is 16.8 Å². The Balaban J connectivity index is 1.44. The molecule has 1 aromatic heterocycles. The largest absolute Gasteiger partial charge is 0.393 e. The lowest BCUT2D eigenvalue weighted by Gasteiger charge is -2.34. The highest BCUT2D eigenvalue weighted by Gasteiger charge is 2.26. The summed E-state index contributed by atoms with van der Waals surface area (Å²) >= 11 is 1.82. The fourth-order valence-corrected chi connectivity index (χ4v) is 4.65. The van der Waals surface area contributed by atoms with Crippen LogP contribution in [0.3, 0.4) is 0 Å². The van der Waals surface area contributed by atoms with Crippen molar-refractivity contribution in [2.24, 2.45) is 5.92 Å². The number of likely N-dealkylation sites (tertiary alicyclic amines) is 1. The molecule has 1 aliphatic carbocycles. The standard InChI is InChI=1S/C17H27N3O2S/c1-12(21)13-5-4-10-20(11-13)17(22)18-9-8-16-19-14-6-2-3-7-15(14)23-16/h12-13,21H,2-11H2,1H3,(H,18,22). The topological polar surface area (TPSA) is 65.5 Å². The predicted octanol–water partition coefficient (Wildman–Crippen LogP) is 2.37. The summed E-state index contributed by atoms with van der Waals surface area (Å²) < 4.78 is 0. The molecule has 0 aromatic carbocycles. The second-order valence-corrected chi connectivity index (χ2v) is 7.92. The molecular formula is C17H27N3O2S. The third-order valence-corrected chi connectivity index (χ3v) is 6.15. The minimum Gasteiger partial charge on any atom is -0.393 e. The Morgan fingerprint density at radius 2 is 2.26 bits per heavy atom. The number of hydrogen-bond acceptors (Lipinski definition) is 4. The molecule has 1 saturated heterocycles. The molecule has 0 saturated carbocycles. The van der Waals surface area contributed by atoms with Crippen molar-refractivity contribution < 1.29 is 9.90 Å². The van der Waals surface area contributed by atoms with E-state index in [0.29, 0.717) is 13.1 Å². The number of nitrogens with one attached hydrogen (secondary N) is 1. The van der Waals surface area contributed by atoms with E-state index in [1.807, 2.05) is 23.2 Å². The highest BCUT2D eigenvalue weighted by molar-refractivity contribution is 7.11. The van der Waals surface area contributed by atoms with Gasteiger partial charge in [-0.15, -0.1) is 11.3 Å². The molecule has 5 nitrogen and oxygen atoms in total. The second-order valence-electron chi connectivity index (χ2n) is 6.76. The lowest BCUT2D eigenvalue weighted by molar-refractivity contribution is 0.0740. The zero-order valence-electron chi connectivity index (χ0n) is 13.9. The van der Waals surface area contributed by atoms with Crippen molar-refractivity contribution in [2.45, 2.75) is 58.0 Å². The molecule has 2 heterocycles. The fourth-order valence-electron chi connectivity index (χ4n) is 3.49. The van der Waals surface area contributed by atoms with Gasteiger partial charge in [0.2, 0.25) is 0 Å². The van der Waals surface area contributed by atoms with Crippen LogP contribution in [0.5, 0.6) is 0 Å². The third kappa shape index (κ3) is 4.23. The first-order valence-electron chi connectivity index (χ1n) is 8.82. The van der Waals surface area contributed by atoms with Gasteiger partial charge in [-0.2, -0.15) is 0 Å². The van der Waals surface area contributed by atoms with E-state index in [-0.39, 0.29) is 18.1 Å². The number of aliphatic hydroxyl groups excluding tert-OH is 1. The molecule has 2 aliphatic rings. The molecular weight excluding hydrogens is 310 g/mol. The van der Waals surface area contributed by atoms with Crippen LogP contribution in [-0.2, 0) is 19.3 Å². The molecule has 1 aromatic rings. The van der Waals surface area contributed by atoms with Gasteiger partial charge in [-0.05, 0) is 45.4 Å². The maximum atomic E-state index is 12.3. The molecule has 2 N–H and O–H groups in total. The van der Waals surface area contributed by atoms with Gasteiger partial charge in [0, 0.05) is 36.9 Å². The summed E-state index contributed by atoms with van der Waals surface area (Å²) in [6.07, 6.45) is 7.29. The van der Waals surface area contributed by atoms with Gasteiger partial charge < -0.3 is 15.3 Å². The fraction of sp³-hybridized carbons (Fsp3) is 0.765. The molecule has 0 bridgehead atoms. The van der Waals surface area contributed by atoms with Crippen LogP contribution >= 0.6 is 11.3 Å². The zero-order chi connectivity index (χ0) is 16.2. The molecule has 3 rings (SSSR count). The molecule has 2 amide bonds. The van der Waals surface area contributed by atoms with Gasteiger partial charge >= 0.3 is 6.03 Å². The maximum absolute atomic E-state index is 12.3. The van der Waals surface area contributed by atoms with E-state index in [1.165, 1.54) is 29.8 Å².